The summed E-state index contributed by atoms with van der Waals surface area (Å²) < 4.78 is 10.3. The third-order valence-corrected chi connectivity index (χ3v) is 8.03. The molecular weight excluding hydrogens is 478 g/mol. The van der Waals surface area contributed by atoms with Crippen LogP contribution in [0.2, 0.25) is 0 Å². The van der Waals surface area contributed by atoms with Gasteiger partial charge in [-0.05, 0) is 71.4 Å². The number of hydrogen-bond donors (Lipinski definition) is 0. The van der Waals surface area contributed by atoms with E-state index in [0.29, 0.717) is 0 Å². The number of rotatable bonds is 2. The summed E-state index contributed by atoms with van der Waals surface area (Å²) in [5.41, 5.74) is 8.65. The molecule has 9 aromatic rings. The predicted molar refractivity (Wildman–Crippen MR) is 160 cm³/mol. The molecule has 0 N–H and O–H groups in total. The Hall–Kier alpha value is -5.35. The monoisotopic (exact) mass is 499 g/mol. The number of nitrogens with zero attached hydrogens (tertiary/aromatic N) is 3. The SMILES string of the molecule is c1ccc(-n2c3ccccc3c3c4cc5c(cc4ccc32)c2ccccc2n5-c2ccc3ocnc3c2)cc1. The average Bonchev–Trinajstić information content (AvgIpc) is 3.68. The van der Waals surface area contributed by atoms with Gasteiger partial charge >= 0.3 is 0 Å². The first kappa shape index (κ1) is 20.7. The number of fused-ring (bicyclic) bond motifs is 9. The second-order valence-corrected chi connectivity index (χ2v) is 10.1. The van der Waals surface area contributed by atoms with Crippen LogP contribution in [0.4, 0.5) is 0 Å². The highest BCUT2D eigenvalue weighted by atomic mass is 16.3. The molecule has 0 saturated heterocycles. The van der Waals surface area contributed by atoms with Crippen molar-refractivity contribution in [3.8, 4) is 11.4 Å². The van der Waals surface area contributed by atoms with E-state index in [0.717, 1.165) is 16.8 Å². The standard InChI is InChI=1S/C35H21N3O/c1-2-8-23(9-3-1)37-31-13-7-5-11-26(31)35-27-20-33-28(18-22(27)14-16-32(35)37)25-10-4-6-12-30(25)38(33)24-15-17-34-29(19-24)36-21-39-34/h1-21H. The number of aromatic nitrogens is 3. The molecule has 0 radical (unpaired) electrons. The molecule has 0 bridgehead atoms. The van der Waals surface area contributed by atoms with Gasteiger partial charge in [0, 0.05) is 32.9 Å². The van der Waals surface area contributed by atoms with Crippen LogP contribution in [0.5, 0.6) is 0 Å². The lowest BCUT2D eigenvalue weighted by Gasteiger charge is -2.10. The highest BCUT2D eigenvalue weighted by Gasteiger charge is 2.18. The van der Waals surface area contributed by atoms with Gasteiger partial charge in [-0.1, -0.05) is 60.7 Å². The van der Waals surface area contributed by atoms with Crippen molar-refractivity contribution in [2.45, 2.75) is 0 Å². The first-order chi connectivity index (χ1) is 19.3. The Bertz CT molecular complexity index is 2390. The quantitative estimate of drug-likeness (QED) is 0.238. The summed E-state index contributed by atoms with van der Waals surface area (Å²) in [5, 5.41) is 7.50. The van der Waals surface area contributed by atoms with Crippen molar-refractivity contribution in [2.24, 2.45) is 0 Å². The van der Waals surface area contributed by atoms with Crippen LogP contribution in [0.15, 0.2) is 132 Å². The van der Waals surface area contributed by atoms with E-state index in [9.17, 15) is 0 Å². The molecular formula is C35H21N3O. The van der Waals surface area contributed by atoms with E-state index in [4.69, 9.17) is 4.42 Å². The molecule has 0 atom stereocenters. The van der Waals surface area contributed by atoms with Gasteiger partial charge in [-0.15, -0.1) is 0 Å². The maximum absolute atomic E-state index is 5.53. The van der Waals surface area contributed by atoms with Crippen LogP contribution in [0, 0.1) is 0 Å². The van der Waals surface area contributed by atoms with Crippen molar-refractivity contribution in [2.75, 3.05) is 0 Å². The molecule has 0 aliphatic heterocycles. The Kier molecular flexibility index (Phi) is 4.02. The van der Waals surface area contributed by atoms with Crippen LogP contribution in [-0.2, 0) is 0 Å². The summed E-state index contributed by atoms with van der Waals surface area (Å²) in [6.45, 7) is 0. The van der Waals surface area contributed by atoms with Crippen molar-refractivity contribution in [1.82, 2.24) is 14.1 Å². The largest absolute Gasteiger partial charge is 0.443 e. The van der Waals surface area contributed by atoms with Gasteiger partial charge in [0.05, 0.1) is 22.1 Å². The van der Waals surface area contributed by atoms with Crippen molar-refractivity contribution in [3.63, 3.8) is 0 Å². The molecule has 4 heteroatoms. The Morgan fingerprint density at radius 1 is 0.487 bits per heavy atom. The Labute approximate surface area is 222 Å². The first-order valence-corrected chi connectivity index (χ1v) is 13.1. The molecule has 0 fully saturated rings. The first-order valence-electron chi connectivity index (χ1n) is 13.1. The van der Waals surface area contributed by atoms with Crippen LogP contribution < -0.4 is 0 Å². The maximum Gasteiger partial charge on any atom is 0.181 e. The summed E-state index contributed by atoms with van der Waals surface area (Å²) in [6.07, 6.45) is 1.51. The minimum atomic E-state index is 0.792. The van der Waals surface area contributed by atoms with Gasteiger partial charge in [0.1, 0.15) is 5.52 Å². The third-order valence-electron chi connectivity index (χ3n) is 8.03. The van der Waals surface area contributed by atoms with Crippen LogP contribution in [0.25, 0.3) is 76.9 Å². The zero-order valence-electron chi connectivity index (χ0n) is 20.9. The van der Waals surface area contributed by atoms with Crippen LogP contribution in [0.1, 0.15) is 0 Å². The van der Waals surface area contributed by atoms with Gasteiger partial charge in [0.25, 0.3) is 0 Å². The number of para-hydroxylation sites is 3. The molecule has 0 saturated carbocycles. The molecule has 39 heavy (non-hydrogen) atoms. The Balaban J connectivity index is 1.46. The second-order valence-electron chi connectivity index (χ2n) is 10.1. The highest BCUT2D eigenvalue weighted by Crippen LogP contribution is 2.41. The molecule has 0 spiro atoms. The van der Waals surface area contributed by atoms with Crippen molar-refractivity contribution in [1.29, 1.82) is 0 Å². The van der Waals surface area contributed by atoms with E-state index in [-0.39, 0.29) is 0 Å². The average molecular weight is 500 g/mol. The summed E-state index contributed by atoms with van der Waals surface area (Å²) in [6, 6.07) is 43.5. The van der Waals surface area contributed by atoms with E-state index < -0.39 is 0 Å². The minimum absolute atomic E-state index is 0.792. The van der Waals surface area contributed by atoms with E-state index >= 15 is 0 Å². The van der Waals surface area contributed by atoms with Crippen LogP contribution in [-0.4, -0.2) is 14.1 Å². The molecule has 4 nitrogen and oxygen atoms in total. The van der Waals surface area contributed by atoms with E-state index in [2.05, 4.69) is 129 Å². The zero-order valence-corrected chi connectivity index (χ0v) is 20.9. The summed E-state index contributed by atoms with van der Waals surface area (Å²) >= 11 is 0. The van der Waals surface area contributed by atoms with Crippen molar-refractivity contribution >= 4 is 65.5 Å². The molecule has 0 aliphatic carbocycles. The van der Waals surface area contributed by atoms with E-state index in [1.54, 1.807) is 0 Å². The second kappa shape index (κ2) is 7.59. The van der Waals surface area contributed by atoms with Crippen molar-refractivity contribution < 1.29 is 4.42 Å². The number of oxazole rings is 1. The summed E-state index contributed by atoms with van der Waals surface area (Å²) in [4.78, 5) is 4.42. The van der Waals surface area contributed by atoms with Gasteiger partial charge in [0.2, 0.25) is 0 Å². The van der Waals surface area contributed by atoms with Crippen LogP contribution in [0.3, 0.4) is 0 Å². The third kappa shape index (κ3) is 2.80. The Morgan fingerprint density at radius 2 is 1.23 bits per heavy atom. The van der Waals surface area contributed by atoms with Gasteiger partial charge < -0.3 is 13.6 Å². The molecule has 0 amide bonds. The fourth-order valence-corrected chi connectivity index (χ4v) is 6.37. The normalized spacial score (nSPS) is 12.1. The van der Waals surface area contributed by atoms with E-state index in [1.807, 2.05) is 6.07 Å². The molecule has 0 aliphatic rings. The Morgan fingerprint density at radius 3 is 2.10 bits per heavy atom. The topological polar surface area (TPSA) is 35.9 Å². The van der Waals surface area contributed by atoms with Gasteiger partial charge in [-0.2, -0.15) is 0 Å². The summed E-state index contributed by atoms with van der Waals surface area (Å²) in [7, 11) is 0. The van der Waals surface area contributed by atoms with Crippen molar-refractivity contribution in [3.05, 3.63) is 128 Å². The van der Waals surface area contributed by atoms with E-state index in [1.165, 1.54) is 66.5 Å². The lowest BCUT2D eigenvalue weighted by atomic mass is 10.0. The molecule has 9 rings (SSSR count). The fourth-order valence-electron chi connectivity index (χ4n) is 6.37. The summed E-state index contributed by atoms with van der Waals surface area (Å²) in [5.74, 6) is 0. The van der Waals surface area contributed by atoms with Gasteiger partial charge in [-0.25, -0.2) is 4.98 Å². The molecule has 6 aromatic carbocycles. The molecule has 0 unspecified atom stereocenters. The lowest BCUT2D eigenvalue weighted by molar-refractivity contribution is 0.602. The van der Waals surface area contributed by atoms with Gasteiger partial charge in [-0.3, -0.25) is 0 Å². The van der Waals surface area contributed by atoms with Crippen LogP contribution >= 0.6 is 0 Å². The molecule has 3 heterocycles. The minimum Gasteiger partial charge on any atom is -0.443 e. The zero-order chi connectivity index (χ0) is 25.5. The molecule has 182 valence electrons. The predicted octanol–water partition coefficient (Wildman–Crippen LogP) is 9.18. The van der Waals surface area contributed by atoms with Gasteiger partial charge in [0.15, 0.2) is 12.0 Å². The smallest absolute Gasteiger partial charge is 0.181 e. The fraction of sp³-hybridized carbons (Fsp3) is 0. The maximum atomic E-state index is 5.53. The molecule has 3 aromatic heterocycles. The highest BCUT2D eigenvalue weighted by molar-refractivity contribution is 6.24. The number of benzene rings is 6. The lowest BCUT2D eigenvalue weighted by Crippen LogP contribution is -1.94. The number of hydrogen-bond acceptors (Lipinski definition) is 2.